The Bertz CT molecular complexity index is 914. The summed E-state index contributed by atoms with van der Waals surface area (Å²) in [6.45, 7) is 4.64. The van der Waals surface area contributed by atoms with Gasteiger partial charge in [-0.3, -0.25) is 0 Å². The summed E-state index contributed by atoms with van der Waals surface area (Å²) in [4.78, 5) is 11.4. The second-order valence-electron chi connectivity index (χ2n) is 7.02. The standard InChI is InChI=1S/C21H21NO4/c1-21(2)10-18-20-15(11-25-18)13(8-9-16(20)22-21)14-6-4-5-7-17(14)26-12-19(23)24-3/h4-10,22H,11-12H2,1-3H3. The molecule has 2 heterocycles. The molecule has 1 N–H and O–H groups in total. The van der Waals surface area contributed by atoms with Crippen LogP contribution in [0.4, 0.5) is 5.69 Å². The number of anilines is 1. The number of carbonyl (C=O) groups is 1. The summed E-state index contributed by atoms with van der Waals surface area (Å²) in [7, 11) is 1.35. The van der Waals surface area contributed by atoms with Crippen LogP contribution in [0, 0.1) is 0 Å². The fourth-order valence-electron chi connectivity index (χ4n) is 3.49. The molecule has 134 valence electrons. The Labute approximate surface area is 152 Å². The molecule has 5 heteroatoms. The number of esters is 1. The van der Waals surface area contributed by atoms with E-state index in [9.17, 15) is 4.79 Å². The van der Waals surface area contributed by atoms with Gasteiger partial charge in [0.1, 0.15) is 18.1 Å². The predicted octanol–water partition coefficient (Wildman–Crippen LogP) is 3.98. The van der Waals surface area contributed by atoms with Crippen molar-refractivity contribution in [3.63, 3.8) is 0 Å². The minimum absolute atomic E-state index is 0.120. The molecular formula is C21H21NO4. The van der Waals surface area contributed by atoms with E-state index in [1.54, 1.807) is 0 Å². The lowest BCUT2D eigenvalue weighted by Gasteiger charge is -2.30. The average Bonchev–Trinajstić information content (AvgIpc) is 3.04. The van der Waals surface area contributed by atoms with Gasteiger partial charge in [-0.2, -0.15) is 0 Å². The molecule has 2 aromatic rings. The number of hydrogen-bond donors (Lipinski definition) is 1. The van der Waals surface area contributed by atoms with Gasteiger partial charge < -0.3 is 19.5 Å². The molecule has 0 aliphatic carbocycles. The highest BCUT2D eigenvalue weighted by Gasteiger charge is 2.33. The second kappa shape index (κ2) is 6.09. The maximum absolute atomic E-state index is 11.4. The third kappa shape index (κ3) is 2.79. The molecule has 0 atom stereocenters. The summed E-state index contributed by atoms with van der Waals surface area (Å²) < 4.78 is 16.3. The number of methoxy groups -OCH3 is 1. The van der Waals surface area contributed by atoms with Gasteiger partial charge >= 0.3 is 5.97 Å². The van der Waals surface area contributed by atoms with E-state index in [4.69, 9.17) is 9.47 Å². The summed E-state index contributed by atoms with van der Waals surface area (Å²) in [5, 5.41) is 3.54. The fraction of sp³-hybridized carbons (Fsp3) is 0.286. The van der Waals surface area contributed by atoms with Crippen LogP contribution in [0.1, 0.15) is 25.0 Å². The first-order valence-corrected chi connectivity index (χ1v) is 8.57. The highest BCUT2D eigenvalue weighted by Crippen LogP contribution is 2.46. The van der Waals surface area contributed by atoms with Crippen molar-refractivity contribution >= 4 is 17.4 Å². The van der Waals surface area contributed by atoms with Gasteiger partial charge in [0.15, 0.2) is 6.61 Å². The van der Waals surface area contributed by atoms with Crippen molar-refractivity contribution in [3.05, 3.63) is 53.6 Å². The Morgan fingerprint density at radius 1 is 1.19 bits per heavy atom. The highest BCUT2D eigenvalue weighted by molar-refractivity contribution is 5.88. The Kier molecular flexibility index (Phi) is 3.87. The fourth-order valence-corrected chi connectivity index (χ4v) is 3.49. The van der Waals surface area contributed by atoms with Crippen LogP contribution in [0.2, 0.25) is 0 Å². The van der Waals surface area contributed by atoms with Gasteiger partial charge in [-0.1, -0.05) is 24.3 Å². The number of ether oxygens (including phenoxy) is 3. The lowest BCUT2D eigenvalue weighted by atomic mass is 9.89. The van der Waals surface area contributed by atoms with Crippen molar-refractivity contribution in [1.82, 2.24) is 0 Å². The molecule has 0 amide bonds. The quantitative estimate of drug-likeness (QED) is 0.845. The van der Waals surface area contributed by atoms with Gasteiger partial charge in [0.05, 0.1) is 12.6 Å². The topological polar surface area (TPSA) is 56.8 Å². The molecule has 0 fully saturated rings. The normalized spacial score (nSPS) is 16.0. The number of para-hydroxylation sites is 1. The monoisotopic (exact) mass is 351 g/mol. The van der Waals surface area contributed by atoms with Crippen LogP contribution in [-0.2, 0) is 20.9 Å². The molecule has 0 aromatic heterocycles. The van der Waals surface area contributed by atoms with Gasteiger partial charge in [0.25, 0.3) is 0 Å². The highest BCUT2D eigenvalue weighted by atomic mass is 16.6. The van der Waals surface area contributed by atoms with Crippen molar-refractivity contribution < 1.29 is 19.0 Å². The molecular weight excluding hydrogens is 330 g/mol. The van der Waals surface area contributed by atoms with E-state index in [0.29, 0.717) is 12.4 Å². The van der Waals surface area contributed by atoms with Crippen LogP contribution >= 0.6 is 0 Å². The van der Waals surface area contributed by atoms with Crippen LogP contribution in [0.15, 0.2) is 42.5 Å². The number of benzene rings is 2. The predicted molar refractivity (Wildman–Crippen MR) is 99.9 cm³/mol. The zero-order valence-electron chi connectivity index (χ0n) is 15.1. The molecule has 2 aliphatic rings. The number of nitrogens with one attached hydrogen (secondary N) is 1. The van der Waals surface area contributed by atoms with Crippen molar-refractivity contribution in [1.29, 1.82) is 0 Å². The third-order valence-electron chi connectivity index (χ3n) is 4.63. The molecule has 4 rings (SSSR count). The maximum Gasteiger partial charge on any atom is 0.343 e. The van der Waals surface area contributed by atoms with E-state index in [0.717, 1.165) is 33.7 Å². The average molecular weight is 351 g/mol. The van der Waals surface area contributed by atoms with Crippen molar-refractivity contribution in [3.8, 4) is 16.9 Å². The zero-order valence-corrected chi connectivity index (χ0v) is 15.1. The van der Waals surface area contributed by atoms with Gasteiger partial charge in [-0.15, -0.1) is 0 Å². The Hall–Kier alpha value is -2.95. The number of carbonyl (C=O) groups excluding carboxylic acids is 1. The smallest absolute Gasteiger partial charge is 0.343 e. The van der Waals surface area contributed by atoms with Crippen molar-refractivity contribution in [2.24, 2.45) is 0 Å². The van der Waals surface area contributed by atoms with E-state index in [1.165, 1.54) is 7.11 Å². The lowest BCUT2D eigenvalue weighted by Crippen LogP contribution is -2.31. The molecule has 0 saturated carbocycles. The van der Waals surface area contributed by atoms with Crippen LogP contribution in [0.3, 0.4) is 0 Å². The molecule has 0 unspecified atom stereocenters. The maximum atomic E-state index is 11.4. The molecule has 2 aliphatic heterocycles. The molecule has 0 saturated heterocycles. The second-order valence-corrected chi connectivity index (χ2v) is 7.02. The van der Waals surface area contributed by atoms with E-state index < -0.39 is 5.97 Å². The Balaban J connectivity index is 1.77. The van der Waals surface area contributed by atoms with Gasteiger partial charge in [-0.05, 0) is 37.6 Å². The molecule has 0 radical (unpaired) electrons. The first-order chi connectivity index (χ1) is 12.5. The summed E-state index contributed by atoms with van der Waals surface area (Å²) >= 11 is 0. The van der Waals surface area contributed by atoms with E-state index in [2.05, 4.69) is 42.1 Å². The summed E-state index contributed by atoms with van der Waals surface area (Å²) in [5.74, 6) is 1.17. The van der Waals surface area contributed by atoms with E-state index >= 15 is 0 Å². The lowest BCUT2D eigenvalue weighted by molar-refractivity contribution is -0.142. The van der Waals surface area contributed by atoms with Crippen molar-refractivity contribution in [2.75, 3.05) is 19.0 Å². The number of rotatable bonds is 4. The molecule has 0 bridgehead atoms. The first kappa shape index (κ1) is 16.5. The SMILES string of the molecule is COC(=O)COc1ccccc1-c1ccc2c3c1COC3=CC(C)(C)N2. The largest absolute Gasteiger partial charge is 0.488 e. The van der Waals surface area contributed by atoms with Crippen molar-refractivity contribution in [2.45, 2.75) is 26.0 Å². The zero-order chi connectivity index (χ0) is 18.3. The number of hydrogen-bond acceptors (Lipinski definition) is 5. The minimum Gasteiger partial charge on any atom is -0.488 e. The first-order valence-electron chi connectivity index (χ1n) is 8.57. The van der Waals surface area contributed by atoms with Gasteiger partial charge in [0, 0.05) is 22.4 Å². The third-order valence-corrected chi connectivity index (χ3v) is 4.63. The van der Waals surface area contributed by atoms with Gasteiger partial charge in [-0.25, -0.2) is 4.79 Å². The molecule has 26 heavy (non-hydrogen) atoms. The molecule has 0 spiro atoms. The van der Waals surface area contributed by atoms with Crippen LogP contribution in [-0.4, -0.2) is 25.2 Å². The van der Waals surface area contributed by atoms with Crippen LogP contribution in [0.5, 0.6) is 5.75 Å². The molecule has 2 aromatic carbocycles. The molecule has 5 nitrogen and oxygen atoms in total. The minimum atomic E-state index is -0.408. The Morgan fingerprint density at radius 3 is 2.81 bits per heavy atom. The van der Waals surface area contributed by atoms with E-state index in [-0.39, 0.29) is 12.1 Å². The summed E-state index contributed by atoms with van der Waals surface area (Å²) in [6, 6.07) is 11.9. The summed E-state index contributed by atoms with van der Waals surface area (Å²) in [6.07, 6.45) is 2.12. The van der Waals surface area contributed by atoms with E-state index in [1.807, 2.05) is 24.3 Å². The van der Waals surface area contributed by atoms with Crippen LogP contribution in [0.25, 0.3) is 16.9 Å². The summed E-state index contributed by atoms with van der Waals surface area (Å²) in [5.41, 5.74) is 5.16. The van der Waals surface area contributed by atoms with Crippen LogP contribution < -0.4 is 10.1 Å². The van der Waals surface area contributed by atoms with Gasteiger partial charge in [0.2, 0.25) is 0 Å². The Morgan fingerprint density at radius 2 is 2.00 bits per heavy atom.